The molecule has 104 valence electrons. The van der Waals surface area contributed by atoms with Crippen molar-refractivity contribution in [1.82, 2.24) is 14.7 Å². The molecule has 0 aliphatic carbocycles. The van der Waals surface area contributed by atoms with E-state index in [1.165, 1.54) is 12.8 Å². The summed E-state index contributed by atoms with van der Waals surface area (Å²) in [7, 11) is 0. The van der Waals surface area contributed by atoms with Crippen LogP contribution < -0.4 is 5.32 Å². The van der Waals surface area contributed by atoms with Gasteiger partial charge in [-0.3, -0.25) is 0 Å². The molecule has 0 bridgehead atoms. The minimum Gasteiger partial charge on any atom is -0.310 e. The maximum absolute atomic E-state index is 4.60. The van der Waals surface area contributed by atoms with Crippen molar-refractivity contribution >= 4 is 17.4 Å². The molecule has 0 spiro atoms. The van der Waals surface area contributed by atoms with Crippen LogP contribution >= 0.6 is 11.8 Å². The van der Waals surface area contributed by atoms with E-state index in [9.17, 15) is 0 Å². The van der Waals surface area contributed by atoms with E-state index in [1.807, 2.05) is 36.2 Å². The highest BCUT2D eigenvalue weighted by atomic mass is 32.2. The van der Waals surface area contributed by atoms with Gasteiger partial charge in [0.05, 0.1) is 5.69 Å². The number of thioether (sulfide) groups is 1. The van der Waals surface area contributed by atoms with Gasteiger partial charge in [-0.05, 0) is 31.2 Å². The number of fused-ring (bicyclic) bond motifs is 1. The molecule has 0 atom stereocenters. The molecular formula is C15H23N3S. The topological polar surface area (TPSA) is 29.3 Å². The van der Waals surface area contributed by atoms with Crippen LogP contribution in [0.15, 0.2) is 30.6 Å². The first kappa shape index (κ1) is 14.4. The second kappa shape index (κ2) is 6.44. The predicted molar refractivity (Wildman–Crippen MR) is 83.7 cm³/mol. The van der Waals surface area contributed by atoms with Crippen LogP contribution in [0.25, 0.3) is 5.65 Å². The Morgan fingerprint density at radius 2 is 2.11 bits per heavy atom. The number of nitrogens with one attached hydrogen (secondary N) is 1. The molecule has 0 aliphatic heterocycles. The summed E-state index contributed by atoms with van der Waals surface area (Å²) < 4.78 is 2.43. The smallest absolute Gasteiger partial charge is 0.137 e. The van der Waals surface area contributed by atoms with Crippen LogP contribution in [0.2, 0.25) is 0 Å². The normalized spacial score (nSPS) is 12.2. The van der Waals surface area contributed by atoms with E-state index in [0.29, 0.717) is 4.75 Å². The van der Waals surface area contributed by atoms with Crippen molar-refractivity contribution in [2.45, 2.75) is 38.0 Å². The van der Waals surface area contributed by atoms with Crippen LogP contribution in [-0.2, 0) is 6.54 Å². The summed E-state index contributed by atoms with van der Waals surface area (Å²) in [5.41, 5.74) is 2.12. The second-order valence-electron chi connectivity index (χ2n) is 4.90. The van der Waals surface area contributed by atoms with Gasteiger partial charge in [-0.15, -0.1) is 0 Å². The van der Waals surface area contributed by atoms with Crippen LogP contribution in [0.5, 0.6) is 0 Å². The lowest BCUT2D eigenvalue weighted by molar-refractivity contribution is 0.493. The maximum atomic E-state index is 4.60. The van der Waals surface area contributed by atoms with Gasteiger partial charge < -0.3 is 9.72 Å². The Kier molecular flexibility index (Phi) is 4.88. The summed E-state index contributed by atoms with van der Waals surface area (Å²) in [5, 5.41) is 3.56. The molecule has 2 heterocycles. The van der Waals surface area contributed by atoms with Gasteiger partial charge in [0.15, 0.2) is 0 Å². The molecule has 3 nitrogen and oxygen atoms in total. The standard InChI is InChI=1S/C15H23N3S/c1-4-15(5-2,19-3)12-16-10-13-11-18-9-7-6-8-14(18)17-13/h6-9,11,16H,4-5,10,12H2,1-3H3. The molecule has 2 rings (SSSR count). The van der Waals surface area contributed by atoms with Crippen LogP contribution in [0.1, 0.15) is 32.4 Å². The zero-order chi connectivity index (χ0) is 13.7. The Labute approximate surface area is 119 Å². The van der Waals surface area contributed by atoms with Crippen molar-refractivity contribution in [2.75, 3.05) is 12.8 Å². The van der Waals surface area contributed by atoms with Gasteiger partial charge in [-0.25, -0.2) is 4.98 Å². The maximum Gasteiger partial charge on any atom is 0.137 e. The second-order valence-corrected chi connectivity index (χ2v) is 6.17. The van der Waals surface area contributed by atoms with E-state index in [-0.39, 0.29) is 0 Å². The lowest BCUT2D eigenvalue weighted by atomic mass is 10.0. The van der Waals surface area contributed by atoms with Gasteiger partial charge in [0.1, 0.15) is 5.65 Å². The molecule has 2 aromatic heterocycles. The Balaban J connectivity index is 1.95. The minimum absolute atomic E-state index is 0.360. The van der Waals surface area contributed by atoms with E-state index in [4.69, 9.17) is 0 Å². The summed E-state index contributed by atoms with van der Waals surface area (Å²) in [6.45, 7) is 6.41. The lowest BCUT2D eigenvalue weighted by Crippen LogP contribution is -2.36. The molecule has 19 heavy (non-hydrogen) atoms. The van der Waals surface area contributed by atoms with Gasteiger partial charge >= 0.3 is 0 Å². The van der Waals surface area contributed by atoms with E-state index in [0.717, 1.165) is 24.4 Å². The first-order valence-corrected chi connectivity index (χ1v) is 8.14. The zero-order valence-electron chi connectivity index (χ0n) is 12.0. The van der Waals surface area contributed by atoms with E-state index < -0.39 is 0 Å². The third-order valence-electron chi connectivity index (χ3n) is 3.89. The Morgan fingerprint density at radius 1 is 1.32 bits per heavy atom. The first-order chi connectivity index (χ1) is 9.23. The molecule has 0 saturated carbocycles. The predicted octanol–water partition coefficient (Wildman–Crippen LogP) is 3.35. The third-order valence-corrected chi connectivity index (χ3v) is 5.48. The fourth-order valence-corrected chi connectivity index (χ4v) is 3.18. The summed E-state index contributed by atoms with van der Waals surface area (Å²) in [4.78, 5) is 4.60. The SMILES string of the molecule is CCC(CC)(CNCc1cn2ccccc2n1)SC. The Morgan fingerprint density at radius 3 is 2.74 bits per heavy atom. The van der Waals surface area contributed by atoms with Crippen molar-refractivity contribution in [3.63, 3.8) is 0 Å². The van der Waals surface area contributed by atoms with E-state index >= 15 is 0 Å². The molecule has 0 amide bonds. The van der Waals surface area contributed by atoms with Crippen LogP contribution in [0.4, 0.5) is 0 Å². The number of pyridine rings is 1. The molecule has 0 radical (unpaired) electrons. The number of imidazole rings is 1. The quantitative estimate of drug-likeness (QED) is 0.841. The van der Waals surface area contributed by atoms with Gasteiger partial charge in [0.25, 0.3) is 0 Å². The molecule has 0 aliphatic rings. The van der Waals surface area contributed by atoms with Crippen molar-refractivity contribution in [1.29, 1.82) is 0 Å². The van der Waals surface area contributed by atoms with Crippen LogP contribution in [0.3, 0.4) is 0 Å². The number of rotatable bonds is 7. The highest BCUT2D eigenvalue weighted by molar-refractivity contribution is 8.00. The van der Waals surface area contributed by atoms with Gasteiger partial charge in [0.2, 0.25) is 0 Å². The molecule has 1 N–H and O–H groups in total. The molecule has 0 saturated heterocycles. The highest BCUT2D eigenvalue weighted by Crippen LogP contribution is 2.29. The van der Waals surface area contributed by atoms with Crippen molar-refractivity contribution < 1.29 is 0 Å². The van der Waals surface area contributed by atoms with Gasteiger partial charge in [-0.1, -0.05) is 19.9 Å². The van der Waals surface area contributed by atoms with Crippen molar-refractivity contribution in [3.05, 3.63) is 36.3 Å². The monoisotopic (exact) mass is 277 g/mol. The lowest BCUT2D eigenvalue weighted by Gasteiger charge is -2.29. The highest BCUT2D eigenvalue weighted by Gasteiger charge is 2.24. The van der Waals surface area contributed by atoms with E-state index in [1.54, 1.807) is 0 Å². The summed E-state index contributed by atoms with van der Waals surface area (Å²) in [6.07, 6.45) is 8.74. The summed E-state index contributed by atoms with van der Waals surface area (Å²) >= 11 is 1.97. The number of hydrogen-bond donors (Lipinski definition) is 1. The average molecular weight is 277 g/mol. The summed E-state index contributed by atoms with van der Waals surface area (Å²) in [5.74, 6) is 0. The number of nitrogens with zero attached hydrogens (tertiary/aromatic N) is 2. The third kappa shape index (κ3) is 3.31. The van der Waals surface area contributed by atoms with Gasteiger partial charge in [0, 0.05) is 30.2 Å². The molecule has 4 heteroatoms. The van der Waals surface area contributed by atoms with E-state index in [2.05, 4.69) is 41.0 Å². The molecule has 2 aromatic rings. The van der Waals surface area contributed by atoms with Crippen LogP contribution in [-0.4, -0.2) is 26.9 Å². The molecular weight excluding hydrogens is 254 g/mol. The Hall–Kier alpha value is -1.000. The first-order valence-electron chi connectivity index (χ1n) is 6.91. The fraction of sp³-hybridized carbons (Fsp3) is 0.533. The average Bonchev–Trinajstić information content (AvgIpc) is 2.87. The van der Waals surface area contributed by atoms with Gasteiger partial charge in [-0.2, -0.15) is 11.8 Å². The van der Waals surface area contributed by atoms with Crippen molar-refractivity contribution in [2.24, 2.45) is 0 Å². The fourth-order valence-electron chi connectivity index (χ4n) is 2.35. The molecule has 0 fully saturated rings. The summed E-state index contributed by atoms with van der Waals surface area (Å²) in [6, 6.07) is 6.08. The molecule has 0 aromatic carbocycles. The zero-order valence-corrected chi connectivity index (χ0v) is 12.8. The van der Waals surface area contributed by atoms with Crippen molar-refractivity contribution in [3.8, 4) is 0 Å². The number of hydrogen-bond acceptors (Lipinski definition) is 3. The van der Waals surface area contributed by atoms with Crippen LogP contribution in [0, 0.1) is 0 Å². The Bertz CT molecular complexity index is 476. The minimum atomic E-state index is 0.360. The largest absolute Gasteiger partial charge is 0.310 e. The molecule has 0 unspecified atom stereocenters. The number of aromatic nitrogens is 2.